The Morgan fingerprint density at radius 2 is 1.79 bits per heavy atom. The van der Waals surface area contributed by atoms with Crippen LogP contribution in [0.1, 0.15) is 18.5 Å². The van der Waals surface area contributed by atoms with Gasteiger partial charge in [0.25, 0.3) is 5.91 Å². The second-order valence-electron chi connectivity index (χ2n) is 5.48. The minimum Gasteiger partial charge on any atom is -0.508 e. The Hall–Kier alpha value is -2.86. The third-order valence-electron chi connectivity index (χ3n) is 3.77. The van der Waals surface area contributed by atoms with Crippen LogP contribution in [0.25, 0.3) is 0 Å². The Kier molecular flexibility index (Phi) is 4.48. The minimum absolute atomic E-state index is 0.172. The lowest BCUT2D eigenvalue weighted by Crippen LogP contribution is -2.45. The average molecular weight is 339 g/mol. The molecule has 1 heterocycles. The molecule has 1 aliphatic heterocycles. The van der Waals surface area contributed by atoms with Crippen LogP contribution in [0, 0.1) is 0 Å². The van der Waals surface area contributed by atoms with E-state index < -0.39 is 0 Å². The lowest BCUT2D eigenvalue weighted by Gasteiger charge is -2.30. The number of thiocarbonyl (C=S) groups is 1. The van der Waals surface area contributed by atoms with Gasteiger partial charge in [0.1, 0.15) is 5.75 Å². The third-order valence-corrected chi connectivity index (χ3v) is 3.99. The number of carbonyl (C=O) groups is 1. The van der Waals surface area contributed by atoms with Gasteiger partial charge in [0.15, 0.2) is 5.11 Å². The molecule has 0 spiro atoms. The number of phenolic OH excluding ortho intramolecular Hbond substituents is 1. The Labute approximate surface area is 145 Å². The molecule has 2 aromatic carbocycles. The van der Waals surface area contributed by atoms with Gasteiger partial charge < -0.3 is 21.1 Å². The number of carbonyl (C=O) groups excluding carboxylic acids is 1. The number of hydrogen-bond acceptors (Lipinski definition) is 3. The summed E-state index contributed by atoms with van der Waals surface area (Å²) in [6.07, 6.45) is 0. The van der Waals surface area contributed by atoms with E-state index in [9.17, 15) is 9.90 Å². The van der Waals surface area contributed by atoms with Crippen LogP contribution in [0.2, 0.25) is 0 Å². The molecule has 1 atom stereocenters. The summed E-state index contributed by atoms with van der Waals surface area (Å²) in [5.41, 5.74) is 2.82. The minimum atomic E-state index is -0.386. The van der Waals surface area contributed by atoms with Gasteiger partial charge in [0, 0.05) is 11.4 Å². The molecule has 24 heavy (non-hydrogen) atoms. The van der Waals surface area contributed by atoms with Crippen molar-refractivity contribution < 1.29 is 9.90 Å². The van der Waals surface area contributed by atoms with Gasteiger partial charge in [-0.05, 0) is 49.0 Å². The lowest BCUT2D eigenvalue weighted by atomic mass is 9.95. The molecule has 122 valence electrons. The van der Waals surface area contributed by atoms with Crippen LogP contribution in [-0.2, 0) is 4.79 Å². The Morgan fingerprint density at radius 1 is 1.12 bits per heavy atom. The fourth-order valence-corrected chi connectivity index (χ4v) is 2.90. The van der Waals surface area contributed by atoms with Gasteiger partial charge in [0.05, 0.1) is 11.6 Å². The number of amides is 1. The van der Waals surface area contributed by atoms with Gasteiger partial charge in [-0.15, -0.1) is 0 Å². The van der Waals surface area contributed by atoms with Crippen LogP contribution >= 0.6 is 12.2 Å². The number of hydrogen-bond donors (Lipinski definition) is 4. The van der Waals surface area contributed by atoms with Crippen molar-refractivity contribution in [3.63, 3.8) is 0 Å². The van der Waals surface area contributed by atoms with Gasteiger partial charge in [-0.1, -0.05) is 30.3 Å². The van der Waals surface area contributed by atoms with Crippen molar-refractivity contribution in [3.8, 4) is 5.75 Å². The SMILES string of the molecule is CC1=C(C(=O)Nc2ccccc2)C(c2ccc(O)cc2)NC(=S)N1. The average Bonchev–Trinajstić information content (AvgIpc) is 2.55. The number of aromatic hydroxyl groups is 1. The highest BCUT2D eigenvalue weighted by molar-refractivity contribution is 7.80. The molecule has 0 bridgehead atoms. The van der Waals surface area contributed by atoms with Crippen LogP contribution in [-0.4, -0.2) is 16.1 Å². The number of nitrogens with one attached hydrogen (secondary N) is 3. The summed E-state index contributed by atoms with van der Waals surface area (Å²) in [5, 5.41) is 19.0. The van der Waals surface area contributed by atoms with Crippen LogP contribution in [0.4, 0.5) is 5.69 Å². The van der Waals surface area contributed by atoms with Crippen LogP contribution in [0.5, 0.6) is 5.75 Å². The summed E-state index contributed by atoms with van der Waals surface area (Å²) >= 11 is 5.22. The smallest absolute Gasteiger partial charge is 0.255 e. The highest BCUT2D eigenvalue weighted by Gasteiger charge is 2.29. The fraction of sp³-hybridized carbons (Fsp3) is 0.111. The summed E-state index contributed by atoms with van der Waals surface area (Å²) < 4.78 is 0. The van der Waals surface area contributed by atoms with E-state index in [0.29, 0.717) is 16.4 Å². The number of para-hydroxylation sites is 1. The van der Waals surface area contributed by atoms with Gasteiger partial charge in [0.2, 0.25) is 0 Å². The Balaban J connectivity index is 1.94. The standard InChI is InChI=1S/C18H17N3O2S/c1-11-15(17(23)20-13-5-3-2-4-6-13)16(21-18(24)19-11)12-7-9-14(22)10-8-12/h2-10,16,22H,1H3,(H,20,23)(H2,19,21,24). The van der Waals surface area contributed by atoms with E-state index in [1.807, 2.05) is 37.3 Å². The molecule has 0 saturated heterocycles. The molecule has 0 aliphatic carbocycles. The van der Waals surface area contributed by atoms with E-state index in [1.54, 1.807) is 24.3 Å². The van der Waals surface area contributed by atoms with E-state index >= 15 is 0 Å². The zero-order chi connectivity index (χ0) is 17.1. The molecule has 0 fully saturated rings. The molecule has 1 amide bonds. The van der Waals surface area contributed by atoms with Crippen LogP contribution in [0.3, 0.4) is 0 Å². The molecular weight excluding hydrogens is 322 g/mol. The van der Waals surface area contributed by atoms with E-state index in [-0.39, 0.29) is 17.7 Å². The molecule has 0 saturated carbocycles. The molecule has 0 radical (unpaired) electrons. The fourth-order valence-electron chi connectivity index (χ4n) is 2.63. The quantitative estimate of drug-likeness (QED) is 0.647. The van der Waals surface area contributed by atoms with Crippen LogP contribution < -0.4 is 16.0 Å². The number of phenols is 1. The largest absolute Gasteiger partial charge is 0.508 e. The maximum Gasteiger partial charge on any atom is 0.255 e. The molecule has 0 aromatic heterocycles. The predicted molar refractivity (Wildman–Crippen MR) is 97.5 cm³/mol. The van der Waals surface area contributed by atoms with Crippen molar-refractivity contribution in [2.45, 2.75) is 13.0 Å². The first-order valence-corrected chi connectivity index (χ1v) is 7.89. The first-order valence-electron chi connectivity index (χ1n) is 7.48. The molecule has 4 N–H and O–H groups in total. The van der Waals surface area contributed by atoms with E-state index in [1.165, 1.54) is 0 Å². The van der Waals surface area contributed by atoms with Crippen molar-refractivity contribution >= 4 is 28.9 Å². The monoisotopic (exact) mass is 339 g/mol. The third kappa shape index (κ3) is 3.38. The molecular formula is C18H17N3O2S. The van der Waals surface area contributed by atoms with Gasteiger partial charge >= 0.3 is 0 Å². The van der Waals surface area contributed by atoms with E-state index in [2.05, 4.69) is 16.0 Å². The number of benzene rings is 2. The maximum absolute atomic E-state index is 12.8. The number of rotatable bonds is 3. The summed E-state index contributed by atoms with van der Waals surface area (Å²) in [4.78, 5) is 12.8. The normalized spacial score (nSPS) is 17.0. The van der Waals surface area contributed by atoms with Gasteiger partial charge in [-0.25, -0.2) is 0 Å². The van der Waals surface area contributed by atoms with Crippen molar-refractivity contribution in [3.05, 3.63) is 71.4 Å². The maximum atomic E-state index is 12.8. The van der Waals surface area contributed by atoms with Gasteiger partial charge in [-0.3, -0.25) is 4.79 Å². The zero-order valence-electron chi connectivity index (χ0n) is 13.0. The molecule has 2 aromatic rings. The number of allylic oxidation sites excluding steroid dienone is 1. The van der Waals surface area contributed by atoms with E-state index in [4.69, 9.17) is 12.2 Å². The first-order chi connectivity index (χ1) is 11.5. The highest BCUT2D eigenvalue weighted by atomic mass is 32.1. The van der Waals surface area contributed by atoms with Crippen LogP contribution in [0.15, 0.2) is 65.9 Å². The van der Waals surface area contributed by atoms with Crippen molar-refractivity contribution in [1.82, 2.24) is 10.6 Å². The summed E-state index contributed by atoms with van der Waals surface area (Å²) in [5.74, 6) is -0.0366. The Bertz CT molecular complexity index is 801. The first kappa shape index (κ1) is 16.0. The van der Waals surface area contributed by atoms with Crippen molar-refractivity contribution in [2.24, 2.45) is 0 Å². The topological polar surface area (TPSA) is 73.4 Å². The van der Waals surface area contributed by atoms with Gasteiger partial charge in [-0.2, -0.15) is 0 Å². The molecule has 1 unspecified atom stereocenters. The molecule has 6 heteroatoms. The Morgan fingerprint density at radius 3 is 2.46 bits per heavy atom. The summed E-state index contributed by atoms with van der Waals surface area (Å²) in [6.45, 7) is 1.82. The molecule has 1 aliphatic rings. The summed E-state index contributed by atoms with van der Waals surface area (Å²) in [7, 11) is 0. The predicted octanol–water partition coefficient (Wildman–Crippen LogP) is 2.82. The van der Waals surface area contributed by atoms with E-state index in [0.717, 1.165) is 11.3 Å². The van der Waals surface area contributed by atoms with Crippen molar-refractivity contribution in [1.29, 1.82) is 0 Å². The second-order valence-corrected chi connectivity index (χ2v) is 5.89. The van der Waals surface area contributed by atoms with Crippen molar-refractivity contribution in [2.75, 3.05) is 5.32 Å². The lowest BCUT2D eigenvalue weighted by molar-refractivity contribution is -0.113. The summed E-state index contributed by atoms with van der Waals surface area (Å²) in [6, 6.07) is 15.6. The second kappa shape index (κ2) is 6.72. The highest BCUT2D eigenvalue weighted by Crippen LogP contribution is 2.28. The molecule has 3 rings (SSSR count). The number of anilines is 1. The molecule has 5 nitrogen and oxygen atoms in total. The zero-order valence-corrected chi connectivity index (χ0v) is 13.9.